The second kappa shape index (κ2) is 6.63. The molecule has 5 rings (SSSR count). The van der Waals surface area contributed by atoms with Gasteiger partial charge in [0.25, 0.3) is 0 Å². The van der Waals surface area contributed by atoms with Gasteiger partial charge in [-0.2, -0.15) is 0 Å². The van der Waals surface area contributed by atoms with E-state index in [1.54, 1.807) is 11.1 Å². The number of hydrogen-bond donors (Lipinski definition) is 2. The van der Waals surface area contributed by atoms with Crippen molar-refractivity contribution in [2.75, 3.05) is 0 Å². The number of hydrazine groups is 1. The van der Waals surface area contributed by atoms with Crippen molar-refractivity contribution >= 4 is 11.9 Å². The lowest BCUT2D eigenvalue weighted by Crippen LogP contribution is -2.61. The van der Waals surface area contributed by atoms with Crippen LogP contribution in [0.5, 0.6) is 0 Å². The molecule has 3 saturated carbocycles. The summed E-state index contributed by atoms with van der Waals surface area (Å²) >= 11 is 0. The van der Waals surface area contributed by atoms with Crippen LogP contribution in [0.1, 0.15) is 59.3 Å². The van der Waals surface area contributed by atoms with Gasteiger partial charge in [0, 0.05) is 23.9 Å². The summed E-state index contributed by atoms with van der Waals surface area (Å²) in [6.45, 7) is 6.87. The lowest BCUT2D eigenvalue weighted by Gasteiger charge is -2.59. The lowest BCUT2D eigenvalue weighted by molar-refractivity contribution is -0.123. The summed E-state index contributed by atoms with van der Waals surface area (Å²) in [5.41, 5.74) is 7.07. The summed E-state index contributed by atoms with van der Waals surface area (Å²) in [6, 6.07) is 0.121. The Hall–Kier alpha value is -2.24. The van der Waals surface area contributed by atoms with E-state index in [4.69, 9.17) is 5.73 Å². The van der Waals surface area contributed by atoms with Crippen LogP contribution in [-0.2, 0) is 4.79 Å². The second-order valence-electron chi connectivity index (χ2n) is 10.6. The van der Waals surface area contributed by atoms with Crippen molar-refractivity contribution in [1.82, 2.24) is 15.3 Å². The normalized spacial score (nSPS) is 44.7. The highest BCUT2D eigenvalue weighted by Gasteiger charge is 2.61. The number of rotatable bonds is 1. The van der Waals surface area contributed by atoms with Gasteiger partial charge in [-0.25, -0.2) is 9.80 Å². The largest absolute Gasteiger partial charge is 0.350 e. The summed E-state index contributed by atoms with van der Waals surface area (Å²) in [7, 11) is 0. The molecule has 0 bridgehead atoms. The number of nitrogens with zero attached hydrogens (tertiary/aromatic N) is 2. The van der Waals surface area contributed by atoms with E-state index in [0.717, 1.165) is 24.8 Å². The van der Waals surface area contributed by atoms with Gasteiger partial charge >= 0.3 is 6.03 Å². The quantitative estimate of drug-likeness (QED) is 0.692. The van der Waals surface area contributed by atoms with Gasteiger partial charge in [0.2, 0.25) is 5.91 Å². The van der Waals surface area contributed by atoms with Crippen molar-refractivity contribution in [3.63, 3.8) is 0 Å². The Bertz CT molecular complexity index is 863. The minimum Gasteiger partial charge on any atom is -0.350 e. The molecule has 0 aromatic rings. The molecule has 3 amide bonds. The Balaban J connectivity index is 1.45. The summed E-state index contributed by atoms with van der Waals surface area (Å²) in [5.74, 6) is 1.97. The van der Waals surface area contributed by atoms with E-state index in [2.05, 4.69) is 43.4 Å². The maximum Gasteiger partial charge on any atom is 0.337 e. The van der Waals surface area contributed by atoms with Crippen LogP contribution in [0, 0.1) is 28.6 Å². The van der Waals surface area contributed by atoms with E-state index in [1.807, 2.05) is 12.3 Å². The fourth-order valence-corrected chi connectivity index (χ4v) is 7.75. The van der Waals surface area contributed by atoms with Gasteiger partial charge in [0.1, 0.15) is 0 Å². The zero-order valence-electron chi connectivity index (χ0n) is 18.3. The van der Waals surface area contributed by atoms with Crippen LogP contribution in [0.25, 0.3) is 0 Å². The molecular formula is C24H34N4O2. The molecule has 6 heteroatoms. The molecule has 0 radical (unpaired) electrons. The molecule has 30 heavy (non-hydrogen) atoms. The minimum atomic E-state index is -0.424. The van der Waals surface area contributed by atoms with Gasteiger partial charge in [0.05, 0.1) is 6.04 Å². The fourth-order valence-electron chi connectivity index (χ4n) is 7.75. The standard InChI is InChI=1S/C24H34N4O2/c1-15-10-13-27(22(25)30)28(14-15)20-7-5-17-16-4-6-19-23(2,12-9-21(29)26-19)18(16)8-11-24(17,20)3/h9-10,12-14,16-20H,4-8,11H2,1-3H3,(H2,25,30)(H,26,29)/t16-,17-,18+,19?,20?,23+,24-/m0/s1. The third-order valence-corrected chi connectivity index (χ3v) is 9.24. The predicted molar refractivity (Wildman–Crippen MR) is 115 cm³/mol. The number of urea groups is 1. The number of nitrogens with two attached hydrogens (primary N) is 1. The topological polar surface area (TPSA) is 78.7 Å². The van der Waals surface area contributed by atoms with Gasteiger partial charge in [0.15, 0.2) is 0 Å². The molecule has 162 valence electrons. The van der Waals surface area contributed by atoms with E-state index in [-0.39, 0.29) is 28.8 Å². The molecule has 0 saturated heterocycles. The Kier molecular flexibility index (Phi) is 4.35. The summed E-state index contributed by atoms with van der Waals surface area (Å²) in [6.07, 6.45) is 16.6. The molecule has 3 N–H and O–H groups in total. The van der Waals surface area contributed by atoms with Crippen molar-refractivity contribution in [2.24, 2.45) is 34.3 Å². The van der Waals surface area contributed by atoms with Crippen LogP contribution in [-0.4, -0.2) is 34.0 Å². The smallest absolute Gasteiger partial charge is 0.337 e. The molecule has 7 atom stereocenters. The minimum absolute atomic E-state index is 0.0554. The highest BCUT2D eigenvalue weighted by atomic mass is 16.2. The first-order valence-electron chi connectivity index (χ1n) is 11.5. The molecule has 2 unspecified atom stereocenters. The van der Waals surface area contributed by atoms with Gasteiger partial charge < -0.3 is 11.1 Å². The number of fused-ring (bicyclic) bond motifs is 5. The van der Waals surface area contributed by atoms with Crippen molar-refractivity contribution in [2.45, 2.75) is 71.4 Å². The summed E-state index contributed by atoms with van der Waals surface area (Å²) in [5, 5.41) is 6.95. The molecular weight excluding hydrogens is 376 g/mol. The van der Waals surface area contributed by atoms with E-state index in [1.165, 1.54) is 19.3 Å². The SMILES string of the molecule is CC1=CN(C2CC[C@H]3[C@@H]4CCC5NC(=O)C=C[C@]5(C)[C@@H]4CC[C@]23C)N(C(N)=O)C=C1. The van der Waals surface area contributed by atoms with E-state index in [9.17, 15) is 9.59 Å². The highest BCUT2D eigenvalue weighted by molar-refractivity contribution is 5.89. The number of nitrogens with one attached hydrogen (secondary N) is 1. The number of hydrogen-bond acceptors (Lipinski definition) is 3. The first-order valence-corrected chi connectivity index (χ1v) is 11.5. The zero-order chi connectivity index (χ0) is 21.3. The monoisotopic (exact) mass is 410 g/mol. The molecule has 3 aliphatic carbocycles. The molecule has 0 aromatic carbocycles. The van der Waals surface area contributed by atoms with Crippen molar-refractivity contribution in [3.8, 4) is 0 Å². The number of carbonyl (C=O) groups is 2. The molecule has 2 aliphatic heterocycles. The van der Waals surface area contributed by atoms with E-state index in [0.29, 0.717) is 17.8 Å². The Morgan fingerprint density at radius 2 is 1.93 bits per heavy atom. The summed E-state index contributed by atoms with van der Waals surface area (Å²) in [4.78, 5) is 24.1. The third kappa shape index (κ3) is 2.68. The van der Waals surface area contributed by atoms with Gasteiger partial charge in [-0.05, 0) is 86.3 Å². The average Bonchev–Trinajstić information content (AvgIpc) is 3.05. The molecule has 5 aliphatic rings. The lowest BCUT2D eigenvalue weighted by atomic mass is 9.48. The first kappa shape index (κ1) is 19.7. The molecule has 6 nitrogen and oxygen atoms in total. The predicted octanol–water partition coefficient (Wildman–Crippen LogP) is 3.68. The summed E-state index contributed by atoms with van der Waals surface area (Å²) < 4.78 is 0. The Morgan fingerprint density at radius 1 is 1.13 bits per heavy atom. The van der Waals surface area contributed by atoms with Crippen molar-refractivity contribution in [1.29, 1.82) is 0 Å². The average molecular weight is 411 g/mol. The van der Waals surface area contributed by atoms with Crippen LogP contribution >= 0.6 is 0 Å². The number of amides is 3. The van der Waals surface area contributed by atoms with Crippen LogP contribution < -0.4 is 11.1 Å². The third-order valence-electron chi connectivity index (χ3n) is 9.24. The molecule has 3 fully saturated rings. The molecule has 0 aromatic heterocycles. The van der Waals surface area contributed by atoms with Crippen molar-refractivity contribution in [3.05, 3.63) is 36.2 Å². The number of carbonyl (C=O) groups excluding carboxylic acids is 2. The maximum atomic E-state index is 12.1. The zero-order valence-corrected chi connectivity index (χ0v) is 18.3. The maximum absolute atomic E-state index is 12.1. The van der Waals surface area contributed by atoms with Crippen LogP contribution in [0.4, 0.5) is 4.79 Å². The fraction of sp³-hybridized carbons (Fsp3) is 0.667. The molecule has 0 spiro atoms. The number of allylic oxidation sites excluding steroid dienone is 2. The molecule has 2 heterocycles. The van der Waals surface area contributed by atoms with Crippen LogP contribution in [0.15, 0.2) is 36.2 Å². The number of primary amides is 1. The Morgan fingerprint density at radius 3 is 2.70 bits per heavy atom. The van der Waals surface area contributed by atoms with E-state index < -0.39 is 6.03 Å². The van der Waals surface area contributed by atoms with Gasteiger partial charge in [-0.15, -0.1) is 0 Å². The van der Waals surface area contributed by atoms with Gasteiger partial charge in [-0.3, -0.25) is 9.80 Å². The van der Waals surface area contributed by atoms with Crippen LogP contribution in [0.2, 0.25) is 0 Å². The van der Waals surface area contributed by atoms with Crippen LogP contribution in [0.3, 0.4) is 0 Å². The second-order valence-corrected chi connectivity index (χ2v) is 10.6. The van der Waals surface area contributed by atoms with Crippen molar-refractivity contribution < 1.29 is 9.59 Å². The van der Waals surface area contributed by atoms with Gasteiger partial charge in [-0.1, -0.05) is 19.9 Å². The highest BCUT2D eigenvalue weighted by Crippen LogP contribution is 2.64. The van der Waals surface area contributed by atoms with E-state index >= 15 is 0 Å². The Labute approximate surface area is 179 Å². The first-order chi connectivity index (χ1) is 14.2.